The molecular formula is C11H9F4N3O3. The summed E-state index contributed by atoms with van der Waals surface area (Å²) < 4.78 is 49.7. The Labute approximate surface area is 115 Å². The lowest BCUT2D eigenvalue weighted by atomic mass is 10.2. The molecule has 3 N–H and O–H groups in total. The van der Waals surface area contributed by atoms with Crippen LogP contribution in [0.2, 0.25) is 0 Å². The van der Waals surface area contributed by atoms with Gasteiger partial charge in [0.15, 0.2) is 0 Å². The van der Waals surface area contributed by atoms with E-state index in [0.29, 0.717) is 11.5 Å². The summed E-state index contributed by atoms with van der Waals surface area (Å²) in [6.45, 7) is 0.183. The molecule has 2 rings (SSSR count). The highest BCUT2D eigenvalue weighted by atomic mass is 19.4. The van der Waals surface area contributed by atoms with Gasteiger partial charge in [-0.3, -0.25) is 0 Å². The van der Waals surface area contributed by atoms with Crippen LogP contribution in [0.3, 0.4) is 0 Å². The lowest BCUT2D eigenvalue weighted by Crippen LogP contribution is -2.21. The van der Waals surface area contributed by atoms with Crippen molar-refractivity contribution >= 4 is 5.97 Å². The Kier molecular flexibility index (Phi) is 5.36. The van der Waals surface area contributed by atoms with Crippen LogP contribution in [0.15, 0.2) is 28.7 Å². The molecule has 114 valence electrons. The quantitative estimate of drug-likeness (QED) is 0.822. The minimum atomic E-state index is -5.08. The van der Waals surface area contributed by atoms with Crippen molar-refractivity contribution in [3.8, 4) is 11.5 Å². The van der Waals surface area contributed by atoms with Crippen molar-refractivity contribution in [2.45, 2.75) is 12.7 Å². The number of hydrogen-bond donors (Lipinski definition) is 2. The molecule has 0 aliphatic carbocycles. The lowest BCUT2D eigenvalue weighted by molar-refractivity contribution is -0.192. The van der Waals surface area contributed by atoms with E-state index in [4.69, 9.17) is 20.1 Å². The van der Waals surface area contributed by atoms with Crippen molar-refractivity contribution in [1.29, 1.82) is 0 Å². The normalized spacial score (nSPS) is 10.7. The number of nitrogens with two attached hydrogens (primary N) is 1. The third-order valence-corrected chi connectivity index (χ3v) is 1.96. The van der Waals surface area contributed by atoms with Gasteiger partial charge in [-0.15, -0.1) is 10.2 Å². The molecule has 0 fully saturated rings. The van der Waals surface area contributed by atoms with Gasteiger partial charge >= 0.3 is 12.1 Å². The van der Waals surface area contributed by atoms with Crippen LogP contribution < -0.4 is 5.73 Å². The van der Waals surface area contributed by atoms with Crippen molar-refractivity contribution in [2.24, 2.45) is 5.73 Å². The Hall–Kier alpha value is -2.49. The number of hydrogen-bond acceptors (Lipinski definition) is 5. The maximum absolute atomic E-state index is 12.8. The molecule has 1 heterocycles. The SMILES string of the molecule is NCc1nnc(-c2cccc(F)c2)o1.O=C(O)C(F)(F)F. The van der Waals surface area contributed by atoms with E-state index in [9.17, 15) is 17.6 Å². The van der Waals surface area contributed by atoms with Gasteiger partial charge < -0.3 is 15.3 Å². The van der Waals surface area contributed by atoms with Crippen molar-refractivity contribution in [2.75, 3.05) is 0 Å². The fourth-order valence-corrected chi connectivity index (χ4v) is 1.07. The average molecular weight is 307 g/mol. The Morgan fingerprint density at radius 3 is 2.38 bits per heavy atom. The first-order chi connectivity index (χ1) is 9.74. The van der Waals surface area contributed by atoms with Gasteiger partial charge in [0, 0.05) is 5.56 Å². The maximum atomic E-state index is 12.8. The first-order valence-corrected chi connectivity index (χ1v) is 5.32. The molecule has 0 saturated carbocycles. The molecule has 0 unspecified atom stereocenters. The monoisotopic (exact) mass is 307 g/mol. The Balaban J connectivity index is 0.000000270. The number of nitrogens with zero attached hydrogens (tertiary/aromatic N) is 2. The molecule has 0 radical (unpaired) electrons. The van der Waals surface area contributed by atoms with Gasteiger partial charge in [0.1, 0.15) is 5.82 Å². The number of carboxylic acids is 1. The number of carboxylic acid groups (broad SMARTS) is 1. The summed E-state index contributed by atoms with van der Waals surface area (Å²) in [7, 11) is 0. The molecule has 0 aliphatic rings. The van der Waals surface area contributed by atoms with Gasteiger partial charge in [0.2, 0.25) is 11.8 Å². The summed E-state index contributed by atoms with van der Waals surface area (Å²) in [5, 5.41) is 14.5. The van der Waals surface area contributed by atoms with E-state index in [0.717, 1.165) is 0 Å². The van der Waals surface area contributed by atoms with Crippen molar-refractivity contribution < 1.29 is 31.9 Å². The van der Waals surface area contributed by atoms with Crippen LogP contribution in [0.1, 0.15) is 5.89 Å². The molecule has 0 atom stereocenters. The van der Waals surface area contributed by atoms with Crippen LogP contribution in [0.25, 0.3) is 11.5 Å². The molecule has 6 nitrogen and oxygen atoms in total. The van der Waals surface area contributed by atoms with Crippen LogP contribution in [-0.4, -0.2) is 27.4 Å². The van der Waals surface area contributed by atoms with Crippen LogP contribution in [0.5, 0.6) is 0 Å². The van der Waals surface area contributed by atoms with E-state index in [1.165, 1.54) is 12.1 Å². The van der Waals surface area contributed by atoms with E-state index in [1.807, 2.05) is 0 Å². The van der Waals surface area contributed by atoms with Crippen molar-refractivity contribution in [1.82, 2.24) is 10.2 Å². The van der Waals surface area contributed by atoms with E-state index < -0.39 is 12.1 Å². The van der Waals surface area contributed by atoms with Crippen LogP contribution in [0.4, 0.5) is 17.6 Å². The number of aliphatic carboxylic acids is 1. The van der Waals surface area contributed by atoms with E-state index in [2.05, 4.69) is 10.2 Å². The number of alkyl halides is 3. The fourth-order valence-electron chi connectivity index (χ4n) is 1.07. The number of carbonyl (C=O) groups is 1. The van der Waals surface area contributed by atoms with Crippen molar-refractivity contribution in [3.05, 3.63) is 36.0 Å². The summed E-state index contributed by atoms with van der Waals surface area (Å²) in [6.07, 6.45) is -5.08. The zero-order valence-corrected chi connectivity index (χ0v) is 10.3. The topological polar surface area (TPSA) is 102 Å². The number of benzene rings is 1. The predicted octanol–water partition coefficient (Wildman–Crippen LogP) is 1.97. The zero-order chi connectivity index (χ0) is 16.0. The van der Waals surface area contributed by atoms with Gasteiger partial charge in [-0.05, 0) is 18.2 Å². The molecule has 1 aromatic heterocycles. The highest BCUT2D eigenvalue weighted by Gasteiger charge is 2.38. The Morgan fingerprint density at radius 2 is 1.95 bits per heavy atom. The second kappa shape index (κ2) is 6.79. The van der Waals surface area contributed by atoms with Gasteiger partial charge in [0.25, 0.3) is 0 Å². The zero-order valence-electron chi connectivity index (χ0n) is 10.3. The molecule has 2 aromatic rings. The van der Waals surface area contributed by atoms with Gasteiger partial charge in [0.05, 0.1) is 6.54 Å². The summed E-state index contributed by atoms with van der Waals surface area (Å²) in [6, 6.07) is 5.95. The summed E-state index contributed by atoms with van der Waals surface area (Å²) >= 11 is 0. The van der Waals surface area contributed by atoms with Crippen molar-refractivity contribution in [3.63, 3.8) is 0 Å². The molecule has 1 aromatic carbocycles. The fraction of sp³-hybridized carbons (Fsp3) is 0.182. The third kappa shape index (κ3) is 5.18. The molecule has 21 heavy (non-hydrogen) atoms. The first-order valence-electron chi connectivity index (χ1n) is 5.32. The van der Waals surface area contributed by atoms with Crippen LogP contribution in [0, 0.1) is 5.82 Å². The second-order valence-corrected chi connectivity index (χ2v) is 3.52. The second-order valence-electron chi connectivity index (χ2n) is 3.52. The van der Waals surface area contributed by atoms with E-state index in [-0.39, 0.29) is 18.3 Å². The number of rotatable bonds is 2. The van der Waals surface area contributed by atoms with Gasteiger partial charge in [-0.1, -0.05) is 6.07 Å². The standard InChI is InChI=1S/C9H8FN3O.C2HF3O2/c10-7-3-1-2-6(4-7)9-13-12-8(5-11)14-9;3-2(4,5)1(6)7/h1-4H,5,11H2;(H,6,7). The maximum Gasteiger partial charge on any atom is 0.490 e. The lowest BCUT2D eigenvalue weighted by Gasteiger charge is -1.93. The molecule has 0 aliphatic heterocycles. The molecule has 0 saturated heterocycles. The van der Waals surface area contributed by atoms with E-state index in [1.54, 1.807) is 12.1 Å². The van der Waals surface area contributed by atoms with Crippen LogP contribution >= 0.6 is 0 Å². The largest absolute Gasteiger partial charge is 0.490 e. The van der Waals surface area contributed by atoms with Crippen LogP contribution in [-0.2, 0) is 11.3 Å². The molecule has 10 heteroatoms. The minimum Gasteiger partial charge on any atom is -0.475 e. The minimum absolute atomic E-state index is 0.183. The Bertz CT molecular complexity index is 613. The summed E-state index contributed by atoms with van der Waals surface area (Å²) in [5.41, 5.74) is 5.85. The first kappa shape index (κ1) is 16.6. The summed E-state index contributed by atoms with van der Waals surface area (Å²) in [5.74, 6) is -2.48. The van der Waals surface area contributed by atoms with Gasteiger partial charge in [-0.25, -0.2) is 9.18 Å². The highest BCUT2D eigenvalue weighted by molar-refractivity contribution is 5.73. The molecule has 0 spiro atoms. The predicted molar refractivity (Wildman–Crippen MR) is 61.3 cm³/mol. The average Bonchev–Trinajstić information content (AvgIpc) is 2.87. The molecule has 0 amide bonds. The number of aromatic nitrogens is 2. The smallest absolute Gasteiger partial charge is 0.475 e. The number of halogens is 4. The van der Waals surface area contributed by atoms with Gasteiger partial charge in [-0.2, -0.15) is 13.2 Å². The Morgan fingerprint density at radius 1 is 1.33 bits per heavy atom. The molecular weight excluding hydrogens is 298 g/mol. The highest BCUT2D eigenvalue weighted by Crippen LogP contribution is 2.18. The summed E-state index contributed by atoms with van der Waals surface area (Å²) in [4.78, 5) is 8.90. The van der Waals surface area contributed by atoms with E-state index >= 15 is 0 Å². The third-order valence-electron chi connectivity index (χ3n) is 1.96. The molecule has 0 bridgehead atoms.